The molecular weight excluding hydrogens is 384 g/mol. The first-order chi connectivity index (χ1) is 13.0. The van der Waals surface area contributed by atoms with Crippen molar-refractivity contribution in [1.29, 1.82) is 0 Å². The highest BCUT2D eigenvalue weighted by molar-refractivity contribution is 7.91. The second-order valence-corrected chi connectivity index (χ2v) is 9.39. The van der Waals surface area contributed by atoms with Gasteiger partial charge in [-0.3, -0.25) is 4.79 Å². The normalized spacial score (nSPS) is 17.9. The van der Waals surface area contributed by atoms with Crippen molar-refractivity contribution in [3.63, 3.8) is 0 Å². The van der Waals surface area contributed by atoms with E-state index in [9.17, 15) is 13.2 Å². The van der Waals surface area contributed by atoms with Gasteiger partial charge in [-0.15, -0.1) is 11.3 Å². The minimum Gasteiger partial charge on any atom is -0.377 e. The Morgan fingerprint density at radius 3 is 2.74 bits per heavy atom. The molecule has 1 saturated heterocycles. The molecule has 6 nitrogen and oxygen atoms in total. The molecule has 3 rings (SSSR count). The zero-order chi connectivity index (χ0) is 19.3. The summed E-state index contributed by atoms with van der Waals surface area (Å²) in [7, 11) is -3.62. The molecule has 146 valence electrons. The highest BCUT2D eigenvalue weighted by Crippen LogP contribution is 2.28. The highest BCUT2D eigenvalue weighted by atomic mass is 32.2. The van der Waals surface area contributed by atoms with E-state index in [-0.39, 0.29) is 10.1 Å². The molecule has 2 heterocycles. The summed E-state index contributed by atoms with van der Waals surface area (Å²) in [4.78, 5) is 12.7. The van der Waals surface area contributed by atoms with Crippen LogP contribution in [-0.4, -0.2) is 37.8 Å². The maximum absolute atomic E-state index is 12.8. The largest absolute Gasteiger partial charge is 0.377 e. The molecule has 0 bridgehead atoms. The molecule has 1 fully saturated rings. The van der Waals surface area contributed by atoms with E-state index >= 15 is 0 Å². The summed E-state index contributed by atoms with van der Waals surface area (Å²) >= 11 is 1.17. The Balaban J connectivity index is 1.68. The molecule has 1 N–H and O–H groups in total. The number of rotatable bonds is 8. The minimum atomic E-state index is -3.62. The molecule has 1 unspecified atom stereocenters. The van der Waals surface area contributed by atoms with Gasteiger partial charge in [0.2, 0.25) is 5.91 Å². The second-order valence-electron chi connectivity index (χ2n) is 6.33. The molecule has 1 aliphatic heterocycles. The molecular formula is C19H24N2O4S2. The quantitative estimate of drug-likeness (QED) is 0.729. The fourth-order valence-corrected chi connectivity index (χ4v) is 5.97. The van der Waals surface area contributed by atoms with Crippen molar-refractivity contribution in [2.45, 2.75) is 43.2 Å². The molecule has 8 heteroatoms. The molecule has 1 aliphatic rings. The monoisotopic (exact) mass is 408 g/mol. The van der Waals surface area contributed by atoms with Crippen molar-refractivity contribution in [2.24, 2.45) is 0 Å². The van der Waals surface area contributed by atoms with E-state index in [0.717, 1.165) is 11.1 Å². The average Bonchev–Trinajstić information content (AvgIpc) is 3.37. The van der Waals surface area contributed by atoms with Crippen LogP contribution in [0.1, 0.15) is 30.9 Å². The van der Waals surface area contributed by atoms with Gasteiger partial charge in [0.05, 0.1) is 6.61 Å². The van der Waals surface area contributed by atoms with Crippen LogP contribution in [0.4, 0.5) is 0 Å². The van der Waals surface area contributed by atoms with Gasteiger partial charge in [-0.1, -0.05) is 30.3 Å². The van der Waals surface area contributed by atoms with Crippen LogP contribution in [0, 0.1) is 0 Å². The Morgan fingerprint density at radius 2 is 2.04 bits per heavy atom. The molecule has 1 atom stereocenters. The first-order valence-corrected chi connectivity index (χ1v) is 11.3. The van der Waals surface area contributed by atoms with Crippen LogP contribution in [0.25, 0.3) is 0 Å². The lowest BCUT2D eigenvalue weighted by Gasteiger charge is -2.23. The van der Waals surface area contributed by atoms with Crippen molar-refractivity contribution >= 4 is 27.3 Å². The van der Waals surface area contributed by atoms with Gasteiger partial charge in [0.15, 0.2) is 0 Å². The van der Waals surface area contributed by atoms with Crippen LogP contribution in [0.15, 0.2) is 46.0 Å². The minimum absolute atomic E-state index is 0.251. The Morgan fingerprint density at radius 1 is 1.26 bits per heavy atom. The Labute approximate surface area is 164 Å². The maximum atomic E-state index is 12.8. The predicted molar refractivity (Wildman–Crippen MR) is 105 cm³/mol. The SMILES string of the molecule is CCOCc1ccccc1CNC(=O)C1CCCN1S(=O)(=O)c1cccs1. The third kappa shape index (κ3) is 4.57. The van der Waals surface area contributed by atoms with Crippen molar-refractivity contribution in [3.05, 3.63) is 52.9 Å². The van der Waals surface area contributed by atoms with Gasteiger partial charge in [-0.2, -0.15) is 4.31 Å². The fourth-order valence-electron chi connectivity index (χ4n) is 3.20. The van der Waals surface area contributed by atoms with Crippen molar-refractivity contribution in [2.75, 3.05) is 13.2 Å². The molecule has 0 radical (unpaired) electrons. The van der Waals surface area contributed by atoms with E-state index in [1.807, 2.05) is 31.2 Å². The Hall–Kier alpha value is -1.74. The molecule has 2 aromatic rings. The number of hydrogen-bond acceptors (Lipinski definition) is 5. The van der Waals surface area contributed by atoms with Gasteiger partial charge in [0.25, 0.3) is 10.0 Å². The molecule has 27 heavy (non-hydrogen) atoms. The van der Waals surface area contributed by atoms with Crippen LogP contribution in [0.2, 0.25) is 0 Å². The van der Waals surface area contributed by atoms with E-state index in [1.165, 1.54) is 15.6 Å². The van der Waals surface area contributed by atoms with Gasteiger partial charge >= 0.3 is 0 Å². The Kier molecular flexibility index (Phi) is 6.64. The lowest BCUT2D eigenvalue weighted by molar-refractivity contribution is -0.124. The number of sulfonamides is 1. The highest BCUT2D eigenvalue weighted by Gasteiger charge is 2.39. The first kappa shape index (κ1) is 20.0. The predicted octanol–water partition coefficient (Wildman–Crippen LogP) is 2.75. The van der Waals surface area contributed by atoms with Crippen LogP contribution < -0.4 is 5.32 Å². The van der Waals surface area contributed by atoms with Gasteiger partial charge in [0, 0.05) is 19.7 Å². The molecule has 1 amide bonds. The van der Waals surface area contributed by atoms with Crippen LogP contribution in [0.5, 0.6) is 0 Å². The summed E-state index contributed by atoms with van der Waals surface area (Å²) in [6.07, 6.45) is 1.22. The summed E-state index contributed by atoms with van der Waals surface area (Å²) in [6, 6.07) is 10.4. The topological polar surface area (TPSA) is 75.7 Å². The smallest absolute Gasteiger partial charge is 0.253 e. The number of benzene rings is 1. The lowest BCUT2D eigenvalue weighted by atomic mass is 10.1. The summed E-state index contributed by atoms with van der Waals surface area (Å²) in [6.45, 7) is 3.78. The molecule has 1 aromatic heterocycles. The molecule has 0 saturated carbocycles. The standard InChI is InChI=1S/C19H24N2O4S2/c1-2-25-14-16-8-4-3-7-15(16)13-20-19(22)17-9-5-11-21(17)27(23,24)18-10-6-12-26-18/h3-4,6-8,10,12,17H,2,5,9,11,13-14H2,1H3,(H,20,22). The lowest BCUT2D eigenvalue weighted by Crippen LogP contribution is -2.45. The molecule has 0 spiro atoms. The third-order valence-electron chi connectivity index (χ3n) is 4.60. The molecule has 1 aromatic carbocycles. The van der Waals surface area contributed by atoms with Gasteiger partial charge in [0.1, 0.15) is 10.3 Å². The van der Waals surface area contributed by atoms with E-state index < -0.39 is 16.1 Å². The number of hydrogen-bond donors (Lipinski definition) is 1. The zero-order valence-corrected chi connectivity index (χ0v) is 16.9. The first-order valence-electron chi connectivity index (χ1n) is 9.01. The zero-order valence-electron chi connectivity index (χ0n) is 15.3. The summed E-state index contributed by atoms with van der Waals surface area (Å²) in [5.74, 6) is -0.251. The molecule has 0 aliphatic carbocycles. The number of carbonyl (C=O) groups is 1. The maximum Gasteiger partial charge on any atom is 0.253 e. The number of amides is 1. The van der Waals surface area contributed by atoms with Crippen molar-refractivity contribution in [1.82, 2.24) is 9.62 Å². The number of ether oxygens (including phenoxy) is 1. The third-order valence-corrected chi connectivity index (χ3v) is 7.88. The average molecular weight is 409 g/mol. The van der Waals surface area contributed by atoms with Crippen LogP contribution in [0.3, 0.4) is 0 Å². The number of nitrogens with zero attached hydrogens (tertiary/aromatic N) is 1. The van der Waals surface area contributed by atoms with Crippen LogP contribution >= 0.6 is 11.3 Å². The number of carbonyl (C=O) groups excluding carboxylic acids is 1. The second kappa shape index (κ2) is 8.97. The van der Waals surface area contributed by atoms with E-state index in [4.69, 9.17) is 4.74 Å². The van der Waals surface area contributed by atoms with Gasteiger partial charge in [-0.25, -0.2) is 8.42 Å². The van der Waals surface area contributed by atoms with Crippen molar-refractivity contribution < 1.29 is 17.9 Å². The van der Waals surface area contributed by atoms with Gasteiger partial charge in [-0.05, 0) is 42.3 Å². The number of nitrogens with one attached hydrogen (secondary N) is 1. The fraction of sp³-hybridized carbons (Fsp3) is 0.421. The van der Waals surface area contributed by atoms with Gasteiger partial charge < -0.3 is 10.1 Å². The summed E-state index contributed by atoms with van der Waals surface area (Å²) in [5.41, 5.74) is 2.00. The van der Waals surface area contributed by atoms with E-state index in [2.05, 4.69) is 5.32 Å². The number of thiophene rings is 1. The summed E-state index contributed by atoms with van der Waals surface area (Å²) < 4.78 is 32.7. The van der Waals surface area contributed by atoms with Crippen LogP contribution in [-0.2, 0) is 32.7 Å². The van der Waals surface area contributed by atoms with E-state index in [1.54, 1.807) is 17.5 Å². The van der Waals surface area contributed by atoms with Crippen molar-refractivity contribution in [3.8, 4) is 0 Å². The Bertz CT molecular complexity index is 866. The van der Waals surface area contributed by atoms with E-state index in [0.29, 0.717) is 39.1 Å². The summed E-state index contributed by atoms with van der Waals surface area (Å²) in [5, 5.41) is 4.64.